The van der Waals surface area contributed by atoms with Crippen molar-refractivity contribution in [2.75, 3.05) is 20.7 Å². The van der Waals surface area contributed by atoms with Crippen LogP contribution >= 0.6 is 12.2 Å². The van der Waals surface area contributed by atoms with Crippen LogP contribution in [0.25, 0.3) is 10.8 Å². The van der Waals surface area contributed by atoms with Gasteiger partial charge in [-0.25, -0.2) is 4.79 Å². The van der Waals surface area contributed by atoms with Crippen LogP contribution in [0.1, 0.15) is 40.6 Å². The Bertz CT molecular complexity index is 1120. The Morgan fingerprint density at radius 2 is 1.77 bits per heavy atom. The van der Waals surface area contributed by atoms with Crippen LogP contribution in [0.4, 0.5) is 0 Å². The molecule has 0 aliphatic carbocycles. The molecule has 0 aliphatic rings. The van der Waals surface area contributed by atoms with E-state index in [-0.39, 0.29) is 23.8 Å². The first-order valence-electron chi connectivity index (χ1n) is 9.74. The van der Waals surface area contributed by atoms with E-state index in [1.165, 1.54) is 4.90 Å². The van der Waals surface area contributed by atoms with E-state index in [0.717, 1.165) is 12.8 Å². The molecule has 0 atom stereocenters. The molecule has 156 valence electrons. The maximum atomic E-state index is 12.9. The molecule has 1 amide bonds. The Hall–Kier alpha value is -3.19. The second-order valence-electron chi connectivity index (χ2n) is 7.02. The van der Waals surface area contributed by atoms with Crippen molar-refractivity contribution in [3.05, 3.63) is 64.4 Å². The van der Waals surface area contributed by atoms with Gasteiger partial charge in [0, 0.05) is 24.9 Å². The predicted molar refractivity (Wildman–Crippen MR) is 119 cm³/mol. The minimum atomic E-state index is -0.591. The van der Waals surface area contributed by atoms with Gasteiger partial charge in [0.2, 0.25) is 0 Å². The van der Waals surface area contributed by atoms with Gasteiger partial charge >= 0.3 is 5.97 Å². The maximum Gasteiger partial charge on any atom is 0.355 e. The van der Waals surface area contributed by atoms with Gasteiger partial charge in [0.1, 0.15) is 21.8 Å². The molecule has 30 heavy (non-hydrogen) atoms. The second kappa shape index (κ2) is 9.54. The fraction of sp³-hybridized carbons (Fsp3) is 0.261. The molecule has 1 heterocycles. The summed E-state index contributed by atoms with van der Waals surface area (Å²) >= 11 is 5.49. The number of carbonyl (C=O) groups excluding carboxylic acids is 2. The summed E-state index contributed by atoms with van der Waals surface area (Å²) in [6.07, 6.45) is 1.64. The summed E-state index contributed by atoms with van der Waals surface area (Å²) in [6, 6.07) is 14.6. The highest BCUT2D eigenvalue weighted by molar-refractivity contribution is 7.71. The third-order valence-corrected chi connectivity index (χ3v) is 4.85. The number of ether oxygens (including phenoxy) is 2. The number of esters is 1. The van der Waals surface area contributed by atoms with E-state index < -0.39 is 5.97 Å². The van der Waals surface area contributed by atoms with Crippen molar-refractivity contribution < 1.29 is 19.1 Å². The number of hydrogen-bond acceptors (Lipinski definition) is 5. The van der Waals surface area contributed by atoms with Crippen molar-refractivity contribution in [1.82, 2.24) is 9.88 Å². The predicted octanol–water partition coefficient (Wildman–Crippen LogP) is 5.35. The maximum absolute atomic E-state index is 12.9. The van der Waals surface area contributed by atoms with Crippen LogP contribution in [0, 0.1) is 4.64 Å². The monoisotopic (exact) mass is 424 g/mol. The molecule has 0 saturated heterocycles. The lowest BCUT2D eigenvalue weighted by molar-refractivity contribution is 0.0487. The Morgan fingerprint density at radius 1 is 1.03 bits per heavy atom. The number of hydrogen-bond donors (Lipinski definition) is 1. The molecule has 1 N–H and O–H groups in total. The van der Waals surface area contributed by atoms with E-state index in [9.17, 15) is 9.59 Å². The molecular weight excluding hydrogens is 400 g/mol. The molecular formula is C23H24N2O4S. The molecule has 0 unspecified atom stereocenters. The molecule has 0 bridgehead atoms. The van der Waals surface area contributed by atoms with Gasteiger partial charge in [-0.2, -0.15) is 0 Å². The van der Waals surface area contributed by atoms with Crippen LogP contribution in [-0.4, -0.2) is 42.5 Å². The molecule has 0 radical (unpaired) electrons. The number of H-pyrrole nitrogens is 1. The van der Waals surface area contributed by atoms with Crippen molar-refractivity contribution in [3.8, 4) is 11.5 Å². The highest BCUT2D eigenvalue weighted by atomic mass is 32.1. The van der Waals surface area contributed by atoms with Crippen molar-refractivity contribution in [1.29, 1.82) is 0 Å². The summed E-state index contributed by atoms with van der Waals surface area (Å²) in [7, 11) is 3.27. The number of amides is 1. The first-order chi connectivity index (χ1) is 14.4. The number of rotatable bonds is 7. The van der Waals surface area contributed by atoms with Gasteiger partial charge in [-0.1, -0.05) is 43.8 Å². The molecule has 0 saturated carbocycles. The fourth-order valence-electron chi connectivity index (χ4n) is 2.98. The standard InChI is InChI=1S/C23H24N2O4S/c1-4-5-13-28-23(27)20-19(22(26)25(2)3)17-12-11-16(14-18(17)21(30)24-20)29-15-9-7-6-8-10-15/h6-12,14H,4-5,13H2,1-3H3,(H,24,30). The first-order valence-corrected chi connectivity index (χ1v) is 10.1. The van der Waals surface area contributed by atoms with E-state index >= 15 is 0 Å². The minimum absolute atomic E-state index is 0.0685. The number of para-hydroxylation sites is 1. The molecule has 0 fully saturated rings. The Balaban J connectivity index is 2.10. The summed E-state index contributed by atoms with van der Waals surface area (Å²) in [6.45, 7) is 2.29. The highest BCUT2D eigenvalue weighted by Gasteiger charge is 2.24. The topological polar surface area (TPSA) is 71.6 Å². The van der Waals surface area contributed by atoms with Gasteiger partial charge < -0.3 is 19.4 Å². The van der Waals surface area contributed by atoms with Crippen LogP contribution in [-0.2, 0) is 4.74 Å². The lowest BCUT2D eigenvalue weighted by atomic mass is 10.0. The molecule has 2 aromatic carbocycles. The molecule has 3 aromatic rings. The van der Waals surface area contributed by atoms with Crippen LogP contribution in [0.5, 0.6) is 11.5 Å². The third-order valence-electron chi connectivity index (χ3n) is 4.53. The van der Waals surface area contributed by atoms with E-state index in [0.29, 0.717) is 26.9 Å². The van der Waals surface area contributed by atoms with E-state index in [1.54, 1.807) is 32.3 Å². The van der Waals surface area contributed by atoms with Crippen LogP contribution in [0.2, 0.25) is 0 Å². The normalized spacial score (nSPS) is 10.6. The van der Waals surface area contributed by atoms with Crippen molar-refractivity contribution in [2.24, 2.45) is 0 Å². The summed E-state index contributed by atoms with van der Waals surface area (Å²) in [4.78, 5) is 29.9. The van der Waals surface area contributed by atoms with Crippen molar-refractivity contribution >= 4 is 34.9 Å². The van der Waals surface area contributed by atoms with E-state index in [1.807, 2.05) is 37.3 Å². The lowest BCUT2D eigenvalue weighted by Gasteiger charge is -2.17. The van der Waals surface area contributed by atoms with Crippen molar-refractivity contribution in [2.45, 2.75) is 19.8 Å². The zero-order valence-electron chi connectivity index (χ0n) is 17.2. The minimum Gasteiger partial charge on any atom is -0.461 e. The number of carbonyl (C=O) groups is 2. The summed E-state index contributed by atoms with van der Waals surface area (Å²) in [5, 5.41) is 1.19. The molecule has 0 aliphatic heterocycles. The molecule has 6 nitrogen and oxygen atoms in total. The summed E-state index contributed by atoms with van der Waals surface area (Å²) < 4.78 is 11.6. The molecule has 1 aromatic heterocycles. The van der Waals surface area contributed by atoms with Gasteiger partial charge in [0.05, 0.1) is 12.2 Å². The Labute approximate surface area is 180 Å². The SMILES string of the molecule is CCCCOC(=O)c1[nH]c(=S)c2cc(Oc3ccccc3)ccc2c1C(=O)N(C)C. The zero-order valence-corrected chi connectivity index (χ0v) is 18.0. The number of benzene rings is 2. The van der Waals surface area contributed by atoms with Gasteiger partial charge in [-0.15, -0.1) is 0 Å². The van der Waals surface area contributed by atoms with E-state index in [4.69, 9.17) is 21.7 Å². The van der Waals surface area contributed by atoms with Crippen LogP contribution < -0.4 is 4.74 Å². The molecule has 3 rings (SSSR count). The van der Waals surface area contributed by atoms with Crippen LogP contribution in [0.3, 0.4) is 0 Å². The fourth-order valence-corrected chi connectivity index (χ4v) is 3.25. The number of aromatic nitrogens is 1. The number of unbranched alkanes of at least 4 members (excludes halogenated alkanes) is 1. The van der Waals surface area contributed by atoms with Crippen molar-refractivity contribution in [3.63, 3.8) is 0 Å². The Morgan fingerprint density at radius 3 is 2.43 bits per heavy atom. The number of pyridine rings is 1. The Kier molecular flexibility index (Phi) is 6.84. The first kappa shape index (κ1) is 21.5. The van der Waals surface area contributed by atoms with Gasteiger partial charge in [0.15, 0.2) is 0 Å². The molecule has 7 heteroatoms. The van der Waals surface area contributed by atoms with Gasteiger partial charge in [-0.3, -0.25) is 4.79 Å². The zero-order chi connectivity index (χ0) is 21.7. The quantitative estimate of drug-likeness (QED) is 0.315. The highest BCUT2D eigenvalue weighted by Crippen LogP contribution is 2.30. The van der Waals surface area contributed by atoms with Gasteiger partial charge in [-0.05, 0) is 36.8 Å². The lowest BCUT2D eigenvalue weighted by Crippen LogP contribution is -2.26. The van der Waals surface area contributed by atoms with Crippen LogP contribution in [0.15, 0.2) is 48.5 Å². The largest absolute Gasteiger partial charge is 0.461 e. The average Bonchev–Trinajstić information content (AvgIpc) is 2.74. The average molecular weight is 425 g/mol. The summed E-state index contributed by atoms with van der Waals surface area (Å²) in [5.41, 5.74) is 0.301. The number of fused-ring (bicyclic) bond motifs is 1. The number of nitrogens with one attached hydrogen (secondary N) is 1. The number of nitrogens with zero attached hydrogens (tertiary/aromatic N) is 1. The smallest absolute Gasteiger partial charge is 0.355 e. The van der Waals surface area contributed by atoms with Gasteiger partial charge in [0.25, 0.3) is 5.91 Å². The number of aromatic amines is 1. The second-order valence-corrected chi connectivity index (χ2v) is 7.42. The molecule has 0 spiro atoms. The van der Waals surface area contributed by atoms with E-state index in [2.05, 4.69) is 4.98 Å². The third kappa shape index (κ3) is 4.68. The summed E-state index contributed by atoms with van der Waals surface area (Å²) in [5.74, 6) is 0.360.